The zero-order chi connectivity index (χ0) is 20.1. The van der Waals surface area contributed by atoms with E-state index in [1.165, 1.54) is 0 Å². The number of hydrogen-bond donors (Lipinski definition) is 1. The molecule has 0 spiro atoms. The lowest BCUT2D eigenvalue weighted by atomic mass is 10.2. The van der Waals surface area contributed by atoms with Crippen molar-refractivity contribution < 1.29 is 14.3 Å². The van der Waals surface area contributed by atoms with E-state index in [4.69, 9.17) is 16.3 Å². The third kappa shape index (κ3) is 5.10. The fourth-order valence-corrected chi connectivity index (χ4v) is 3.26. The van der Waals surface area contributed by atoms with Gasteiger partial charge >= 0.3 is 5.97 Å². The molecule has 8 heteroatoms. The van der Waals surface area contributed by atoms with Crippen LogP contribution in [0.15, 0.2) is 18.2 Å². The van der Waals surface area contributed by atoms with Crippen LogP contribution < -0.4 is 5.32 Å². The Labute approximate surface area is 169 Å². The van der Waals surface area contributed by atoms with E-state index in [1.807, 2.05) is 19.1 Å². The van der Waals surface area contributed by atoms with Crippen molar-refractivity contribution in [2.75, 3.05) is 11.9 Å². The van der Waals surface area contributed by atoms with E-state index < -0.39 is 0 Å². The van der Waals surface area contributed by atoms with Gasteiger partial charge in [0, 0.05) is 36.0 Å². The zero-order valence-electron chi connectivity index (χ0n) is 16.2. The van der Waals surface area contributed by atoms with Gasteiger partial charge in [-0.2, -0.15) is 0 Å². The lowest BCUT2D eigenvalue weighted by Gasteiger charge is -2.11. The Balaban J connectivity index is 1.60. The third-order valence-corrected chi connectivity index (χ3v) is 5.13. The Morgan fingerprint density at radius 3 is 2.54 bits per heavy atom. The SMILES string of the molecule is CCOC(=O)CCc1nnc(CCC(=O)Nc2cccc(Cl)c2C)n1C1CC1. The number of aryl methyl sites for hydroxylation is 2. The van der Waals surface area contributed by atoms with E-state index >= 15 is 0 Å². The number of amides is 1. The predicted molar refractivity (Wildman–Crippen MR) is 106 cm³/mol. The fourth-order valence-electron chi connectivity index (χ4n) is 3.08. The number of nitrogens with one attached hydrogen (secondary N) is 1. The highest BCUT2D eigenvalue weighted by atomic mass is 35.5. The lowest BCUT2D eigenvalue weighted by Crippen LogP contribution is -2.15. The number of rotatable bonds is 9. The first-order valence-corrected chi connectivity index (χ1v) is 10.0. The second-order valence-corrected chi connectivity index (χ2v) is 7.31. The minimum absolute atomic E-state index is 0.0937. The quantitative estimate of drug-likeness (QED) is 0.645. The van der Waals surface area contributed by atoms with Crippen molar-refractivity contribution in [1.82, 2.24) is 14.8 Å². The van der Waals surface area contributed by atoms with Crippen LogP contribution in [0, 0.1) is 6.92 Å². The number of carbonyl (C=O) groups is 2. The van der Waals surface area contributed by atoms with Crippen LogP contribution in [0.3, 0.4) is 0 Å². The molecule has 3 rings (SSSR count). The average Bonchev–Trinajstić information content (AvgIpc) is 3.42. The van der Waals surface area contributed by atoms with Gasteiger partial charge in [-0.05, 0) is 44.4 Å². The second kappa shape index (κ2) is 9.19. The minimum Gasteiger partial charge on any atom is -0.466 e. The topological polar surface area (TPSA) is 86.1 Å². The van der Waals surface area contributed by atoms with E-state index in [0.717, 1.165) is 35.7 Å². The molecule has 1 saturated carbocycles. The molecule has 7 nitrogen and oxygen atoms in total. The zero-order valence-corrected chi connectivity index (χ0v) is 17.0. The van der Waals surface area contributed by atoms with Crippen LogP contribution in [-0.4, -0.2) is 33.2 Å². The maximum absolute atomic E-state index is 12.4. The highest BCUT2D eigenvalue weighted by Crippen LogP contribution is 2.37. The monoisotopic (exact) mass is 404 g/mol. The molecule has 0 atom stereocenters. The third-order valence-electron chi connectivity index (χ3n) is 4.72. The van der Waals surface area contributed by atoms with Crippen molar-refractivity contribution in [3.8, 4) is 0 Å². The molecule has 1 fully saturated rings. The van der Waals surface area contributed by atoms with Gasteiger partial charge in [0.1, 0.15) is 11.6 Å². The first-order valence-electron chi connectivity index (χ1n) is 9.62. The summed E-state index contributed by atoms with van der Waals surface area (Å²) in [5, 5.41) is 12.1. The number of hydrogen-bond acceptors (Lipinski definition) is 5. The fraction of sp³-hybridized carbons (Fsp3) is 0.500. The van der Waals surface area contributed by atoms with Crippen LogP contribution >= 0.6 is 11.6 Å². The summed E-state index contributed by atoms with van der Waals surface area (Å²) in [5.74, 6) is 1.26. The Kier molecular flexibility index (Phi) is 6.67. The van der Waals surface area contributed by atoms with Gasteiger partial charge in [-0.1, -0.05) is 17.7 Å². The van der Waals surface area contributed by atoms with Crippen LogP contribution in [0.1, 0.15) is 55.9 Å². The molecule has 28 heavy (non-hydrogen) atoms. The van der Waals surface area contributed by atoms with Gasteiger partial charge in [0.25, 0.3) is 0 Å². The van der Waals surface area contributed by atoms with E-state index in [2.05, 4.69) is 20.1 Å². The van der Waals surface area contributed by atoms with Gasteiger partial charge in [-0.15, -0.1) is 10.2 Å². The molecule has 2 aromatic rings. The molecular weight excluding hydrogens is 380 g/mol. The van der Waals surface area contributed by atoms with Gasteiger partial charge in [0.2, 0.25) is 5.91 Å². The largest absolute Gasteiger partial charge is 0.466 e. The number of nitrogens with zero attached hydrogens (tertiary/aromatic N) is 3. The first-order chi connectivity index (χ1) is 13.5. The number of ether oxygens (including phenoxy) is 1. The Morgan fingerprint density at radius 1 is 1.21 bits per heavy atom. The van der Waals surface area contributed by atoms with E-state index in [0.29, 0.717) is 36.9 Å². The molecule has 0 bridgehead atoms. The van der Waals surface area contributed by atoms with Crippen molar-refractivity contribution in [2.45, 2.75) is 58.4 Å². The number of aromatic nitrogens is 3. The van der Waals surface area contributed by atoms with Crippen LogP contribution in [0.5, 0.6) is 0 Å². The van der Waals surface area contributed by atoms with Crippen LogP contribution in [0.2, 0.25) is 5.02 Å². The molecule has 0 saturated heterocycles. The van der Waals surface area contributed by atoms with Gasteiger partial charge < -0.3 is 14.6 Å². The summed E-state index contributed by atoms with van der Waals surface area (Å²) in [6.45, 7) is 4.04. The summed E-state index contributed by atoms with van der Waals surface area (Å²) in [5.41, 5.74) is 1.57. The van der Waals surface area contributed by atoms with Crippen LogP contribution in [-0.2, 0) is 27.2 Å². The van der Waals surface area contributed by atoms with Crippen molar-refractivity contribution in [3.63, 3.8) is 0 Å². The first kappa shape index (κ1) is 20.3. The second-order valence-electron chi connectivity index (χ2n) is 6.90. The van der Waals surface area contributed by atoms with Crippen LogP contribution in [0.25, 0.3) is 0 Å². The Hall–Kier alpha value is -2.41. The molecule has 0 radical (unpaired) electrons. The molecule has 1 aromatic heterocycles. The van der Waals surface area contributed by atoms with E-state index in [-0.39, 0.29) is 18.3 Å². The van der Waals surface area contributed by atoms with Crippen LogP contribution in [0.4, 0.5) is 5.69 Å². The lowest BCUT2D eigenvalue weighted by molar-refractivity contribution is -0.143. The predicted octanol–water partition coefficient (Wildman–Crippen LogP) is 3.64. The van der Waals surface area contributed by atoms with Gasteiger partial charge in [0.15, 0.2) is 0 Å². The summed E-state index contributed by atoms with van der Waals surface area (Å²) < 4.78 is 7.08. The number of esters is 1. The number of halogens is 1. The highest BCUT2D eigenvalue weighted by Gasteiger charge is 2.29. The number of benzene rings is 1. The van der Waals surface area contributed by atoms with E-state index in [9.17, 15) is 9.59 Å². The molecule has 1 N–H and O–H groups in total. The molecule has 1 heterocycles. The molecule has 0 unspecified atom stereocenters. The molecule has 1 aliphatic carbocycles. The maximum Gasteiger partial charge on any atom is 0.306 e. The van der Waals surface area contributed by atoms with Crippen molar-refractivity contribution in [2.24, 2.45) is 0 Å². The van der Waals surface area contributed by atoms with Gasteiger partial charge in [-0.25, -0.2) is 0 Å². The average molecular weight is 405 g/mol. The number of anilines is 1. The van der Waals surface area contributed by atoms with Crippen molar-refractivity contribution >= 4 is 29.2 Å². The molecule has 150 valence electrons. The standard InChI is InChI=1S/C20H25ClN4O3/c1-3-28-20(27)12-10-18-24-23-17(25(18)14-7-8-14)9-11-19(26)22-16-6-4-5-15(21)13(16)2/h4-6,14H,3,7-12H2,1-2H3,(H,22,26). The van der Waals surface area contributed by atoms with E-state index in [1.54, 1.807) is 13.0 Å². The normalized spacial score (nSPS) is 13.4. The van der Waals surface area contributed by atoms with Crippen molar-refractivity contribution in [1.29, 1.82) is 0 Å². The molecule has 1 amide bonds. The summed E-state index contributed by atoms with van der Waals surface area (Å²) in [4.78, 5) is 24.0. The van der Waals surface area contributed by atoms with Gasteiger partial charge in [0.05, 0.1) is 13.0 Å². The summed E-state index contributed by atoms with van der Waals surface area (Å²) >= 11 is 6.10. The minimum atomic E-state index is -0.231. The van der Waals surface area contributed by atoms with Crippen molar-refractivity contribution in [3.05, 3.63) is 40.4 Å². The van der Waals surface area contributed by atoms with Gasteiger partial charge in [-0.3, -0.25) is 9.59 Å². The summed E-state index contributed by atoms with van der Waals surface area (Å²) in [6, 6.07) is 5.81. The maximum atomic E-state index is 12.4. The Bertz CT molecular complexity index is 861. The number of carbonyl (C=O) groups excluding carboxylic acids is 2. The molecule has 1 aromatic carbocycles. The summed E-state index contributed by atoms with van der Waals surface area (Å²) in [7, 11) is 0. The highest BCUT2D eigenvalue weighted by molar-refractivity contribution is 6.31. The Morgan fingerprint density at radius 2 is 1.89 bits per heavy atom. The molecule has 0 aliphatic heterocycles. The smallest absolute Gasteiger partial charge is 0.306 e. The molecular formula is C20H25ClN4O3. The molecule has 1 aliphatic rings. The summed E-state index contributed by atoms with van der Waals surface area (Å²) in [6.07, 6.45) is 3.73.